The van der Waals surface area contributed by atoms with Crippen LogP contribution in [0.25, 0.3) is 0 Å². The third-order valence-electron chi connectivity index (χ3n) is 2.12. The molecule has 0 aliphatic rings. The molecule has 1 amide bonds. The number of amides is 1. The first-order chi connectivity index (χ1) is 8.29. The minimum atomic E-state index is 0.543. The molecule has 0 aliphatic heterocycles. The summed E-state index contributed by atoms with van der Waals surface area (Å²) in [6.45, 7) is 0. The SMILES string of the molecule is O=CNc1cccc(Oc2ccccc2Cl)c1. The molecule has 0 heterocycles. The highest BCUT2D eigenvalue weighted by atomic mass is 35.5. The van der Waals surface area contributed by atoms with E-state index in [2.05, 4.69) is 5.32 Å². The van der Waals surface area contributed by atoms with Crippen LogP contribution in [0, 0.1) is 0 Å². The molecule has 0 aromatic heterocycles. The lowest BCUT2D eigenvalue weighted by atomic mass is 10.3. The highest BCUT2D eigenvalue weighted by Crippen LogP contribution is 2.29. The highest BCUT2D eigenvalue weighted by molar-refractivity contribution is 6.32. The third kappa shape index (κ3) is 2.98. The molecule has 0 bridgehead atoms. The van der Waals surface area contributed by atoms with Gasteiger partial charge in [0.15, 0.2) is 0 Å². The van der Waals surface area contributed by atoms with Crippen molar-refractivity contribution < 1.29 is 9.53 Å². The van der Waals surface area contributed by atoms with E-state index in [-0.39, 0.29) is 0 Å². The van der Waals surface area contributed by atoms with E-state index < -0.39 is 0 Å². The van der Waals surface area contributed by atoms with Gasteiger partial charge in [-0.15, -0.1) is 0 Å². The first-order valence-corrected chi connectivity index (χ1v) is 5.40. The zero-order chi connectivity index (χ0) is 12.1. The number of nitrogens with one attached hydrogen (secondary N) is 1. The van der Waals surface area contributed by atoms with Gasteiger partial charge in [-0.05, 0) is 24.3 Å². The van der Waals surface area contributed by atoms with Crippen LogP contribution in [-0.2, 0) is 4.79 Å². The summed E-state index contributed by atoms with van der Waals surface area (Å²) in [4.78, 5) is 10.3. The number of rotatable bonds is 4. The summed E-state index contributed by atoms with van der Waals surface area (Å²) in [6, 6.07) is 14.3. The summed E-state index contributed by atoms with van der Waals surface area (Å²) in [7, 11) is 0. The Balaban J connectivity index is 2.21. The van der Waals surface area contributed by atoms with E-state index in [0.717, 1.165) is 0 Å². The van der Waals surface area contributed by atoms with Crippen LogP contribution < -0.4 is 10.1 Å². The van der Waals surface area contributed by atoms with Gasteiger partial charge < -0.3 is 10.1 Å². The van der Waals surface area contributed by atoms with Crippen molar-refractivity contribution in [3.8, 4) is 11.5 Å². The van der Waals surface area contributed by atoms with Crippen LogP contribution in [0.2, 0.25) is 5.02 Å². The van der Waals surface area contributed by atoms with Gasteiger partial charge in [0, 0.05) is 11.8 Å². The molecule has 0 saturated heterocycles. The molecule has 17 heavy (non-hydrogen) atoms. The quantitative estimate of drug-likeness (QED) is 0.837. The van der Waals surface area contributed by atoms with Crippen molar-refractivity contribution in [3.05, 3.63) is 53.6 Å². The maximum atomic E-state index is 10.3. The number of carbonyl (C=O) groups is 1. The third-order valence-corrected chi connectivity index (χ3v) is 2.44. The molecule has 0 fully saturated rings. The minimum absolute atomic E-state index is 0.543. The summed E-state index contributed by atoms with van der Waals surface area (Å²) in [5.41, 5.74) is 0.671. The molecule has 0 radical (unpaired) electrons. The molecule has 86 valence electrons. The number of para-hydroxylation sites is 1. The number of carbonyl (C=O) groups excluding carboxylic acids is 1. The Hall–Kier alpha value is -2.00. The minimum Gasteiger partial charge on any atom is -0.456 e. The van der Waals surface area contributed by atoms with E-state index in [9.17, 15) is 4.79 Å². The molecule has 0 aliphatic carbocycles. The summed E-state index contributed by atoms with van der Waals surface area (Å²) >= 11 is 5.98. The second-order valence-electron chi connectivity index (χ2n) is 3.32. The molecular formula is C13H10ClNO2. The second kappa shape index (κ2) is 5.37. The van der Waals surface area contributed by atoms with Gasteiger partial charge in [0.1, 0.15) is 11.5 Å². The van der Waals surface area contributed by atoms with Crippen LogP contribution >= 0.6 is 11.6 Å². The summed E-state index contributed by atoms with van der Waals surface area (Å²) in [6.07, 6.45) is 0.620. The molecular weight excluding hydrogens is 238 g/mol. The maximum Gasteiger partial charge on any atom is 0.211 e. The van der Waals surface area contributed by atoms with Gasteiger partial charge in [0.05, 0.1) is 5.02 Å². The summed E-state index contributed by atoms with van der Waals surface area (Å²) in [5, 5.41) is 3.10. The van der Waals surface area contributed by atoms with E-state index in [1.165, 1.54) is 0 Å². The zero-order valence-electron chi connectivity index (χ0n) is 8.89. The average Bonchev–Trinajstić information content (AvgIpc) is 2.33. The monoisotopic (exact) mass is 247 g/mol. The first-order valence-electron chi connectivity index (χ1n) is 5.02. The second-order valence-corrected chi connectivity index (χ2v) is 3.73. The number of anilines is 1. The number of halogens is 1. The molecule has 1 N–H and O–H groups in total. The van der Waals surface area contributed by atoms with Gasteiger partial charge in [0.25, 0.3) is 0 Å². The fourth-order valence-corrected chi connectivity index (χ4v) is 1.55. The number of hydrogen-bond acceptors (Lipinski definition) is 2. The smallest absolute Gasteiger partial charge is 0.211 e. The fourth-order valence-electron chi connectivity index (χ4n) is 1.37. The predicted octanol–water partition coefficient (Wildman–Crippen LogP) is 3.70. The lowest BCUT2D eigenvalue weighted by Crippen LogP contribution is -1.93. The Labute approximate surface area is 104 Å². The van der Waals surface area contributed by atoms with Crippen molar-refractivity contribution in [1.82, 2.24) is 0 Å². The van der Waals surface area contributed by atoms with Crippen LogP contribution in [0.4, 0.5) is 5.69 Å². The van der Waals surface area contributed by atoms with Crippen molar-refractivity contribution in [2.45, 2.75) is 0 Å². The molecule has 3 nitrogen and oxygen atoms in total. The number of benzene rings is 2. The van der Waals surface area contributed by atoms with Crippen LogP contribution in [0.1, 0.15) is 0 Å². The van der Waals surface area contributed by atoms with E-state index in [1.807, 2.05) is 12.1 Å². The van der Waals surface area contributed by atoms with Gasteiger partial charge in [-0.2, -0.15) is 0 Å². The fraction of sp³-hybridized carbons (Fsp3) is 0. The number of hydrogen-bond donors (Lipinski definition) is 1. The van der Waals surface area contributed by atoms with Crippen molar-refractivity contribution in [3.63, 3.8) is 0 Å². The van der Waals surface area contributed by atoms with Crippen molar-refractivity contribution in [2.75, 3.05) is 5.32 Å². The zero-order valence-corrected chi connectivity index (χ0v) is 9.65. The van der Waals surface area contributed by atoms with Gasteiger partial charge >= 0.3 is 0 Å². The van der Waals surface area contributed by atoms with Crippen LogP contribution in [0.15, 0.2) is 48.5 Å². The van der Waals surface area contributed by atoms with E-state index in [4.69, 9.17) is 16.3 Å². The molecule has 0 spiro atoms. The van der Waals surface area contributed by atoms with Gasteiger partial charge in [0.2, 0.25) is 6.41 Å². The van der Waals surface area contributed by atoms with Crippen molar-refractivity contribution in [2.24, 2.45) is 0 Å². The average molecular weight is 248 g/mol. The van der Waals surface area contributed by atoms with Crippen LogP contribution in [0.3, 0.4) is 0 Å². The lowest BCUT2D eigenvalue weighted by Gasteiger charge is -2.08. The Morgan fingerprint density at radius 3 is 2.71 bits per heavy atom. The highest BCUT2D eigenvalue weighted by Gasteiger charge is 2.02. The molecule has 0 saturated carbocycles. The summed E-state index contributed by atoms with van der Waals surface area (Å²) in [5.74, 6) is 1.20. The molecule has 0 atom stereocenters. The normalized spacial score (nSPS) is 9.71. The topological polar surface area (TPSA) is 38.3 Å². The molecule has 2 aromatic carbocycles. The largest absolute Gasteiger partial charge is 0.456 e. The standard InChI is InChI=1S/C13H10ClNO2/c14-12-6-1-2-7-13(12)17-11-5-3-4-10(8-11)15-9-16/h1-9H,(H,15,16). The predicted molar refractivity (Wildman–Crippen MR) is 67.7 cm³/mol. The van der Waals surface area contributed by atoms with Gasteiger partial charge in [-0.1, -0.05) is 29.8 Å². The Bertz CT molecular complexity index is 528. The Morgan fingerprint density at radius 1 is 1.12 bits per heavy atom. The van der Waals surface area contributed by atoms with E-state index in [0.29, 0.717) is 28.6 Å². The molecule has 2 rings (SSSR count). The molecule has 2 aromatic rings. The lowest BCUT2D eigenvalue weighted by molar-refractivity contribution is -0.105. The Kier molecular flexibility index (Phi) is 3.62. The molecule has 0 unspecified atom stereocenters. The Morgan fingerprint density at radius 2 is 1.94 bits per heavy atom. The van der Waals surface area contributed by atoms with Gasteiger partial charge in [-0.25, -0.2) is 0 Å². The van der Waals surface area contributed by atoms with Crippen LogP contribution in [-0.4, -0.2) is 6.41 Å². The van der Waals surface area contributed by atoms with E-state index in [1.54, 1.807) is 36.4 Å². The van der Waals surface area contributed by atoms with Crippen molar-refractivity contribution >= 4 is 23.7 Å². The summed E-state index contributed by atoms with van der Waals surface area (Å²) < 4.78 is 5.61. The van der Waals surface area contributed by atoms with Gasteiger partial charge in [-0.3, -0.25) is 4.79 Å². The maximum absolute atomic E-state index is 10.3. The van der Waals surface area contributed by atoms with Crippen molar-refractivity contribution in [1.29, 1.82) is 0 Å². The van der Waals surface area contributed by atoms with E-state index >= 15 is 0 Å². The van der Waals surface area contributed by atoms with Crippen LogP contribution in [0.5, 0.6) is 11.5 Å². The molecule has 4 heteroatoms. The number of ether oxygens (including phenoxy) is 1. The first kappa shape index (κ1) is 11.5.